The Bertz CT molecular complexity index is 1140. The molecule has 0 bridgehead atoms. The van der Waals surface area contributed by atoms with E-state index in [9.17, 15) is 22.0 Å². The van der Waals surface area contributed by atoms with Crippen molar-refractivity contribution < 1.29 is 22.0 Å². The predicted octanol–water partition coefficient (Wildman–Crippen LogP) is 2.39. The van der Waals surface area contributed by atoms with Gasteiger partial charge in [0.1, 0.15) is 5.82 Å². The van der Waals surface area contributed by atoms with Gasteiger partial charge in [-0.15, -0.1) is 10.2 Å². The molecule has 12 heteroatoms. The van der Waals surface area contributed by atoms with E-state index in [2.05, 4.69) is 14.8 Å². The zero-order chi connectivity index (χ0) is 22.5. The third-order valence-corrected chi connectivity index (χ3v) is 8.81. The van der Waals surface area contributed by atoms with Gasteiger partial charge in [-0.2, -0.15) is 4.31 Å². The monoisotopic (exact) mass is 483 g/mol. The van der Waals surface area contributed by atoms with Crippen molar-refractivity contribution in [3.63, 3.8) is 0 Å². The highest BCUT2D eigenvalue weighted by molar-refractivity contribution is 7.99. The first-order valence-electron chi connectivity index (χ1n) is 10.6. The molecule has 32 heavy (non-hydrogen) atoms. The molecule has 3 fully saturated rings. The van der Waals surface area contributed by atoms with Gasteiger partial charge in [-0.25, -0.2) is 17.2 Å². The molecule has 5 rings (SSSR count). The van der Waals surface area contributed by atoms with Gasteiger partial charge in [-0.05, 0) is 43.9 Å². The van der Waals surface area contributed by atoms with Crippen LogP contribution in [0.5, 0.6) is 0 Å². The Morgan fingerprint density at radius 1 is 1.03 bits per heavy atom. The van der Waals surface area contributed by atoms with Crippen molar-refractivity contribution in [3.8, 4) is 0 Å². The predicted molar refractivity (Wildman–Crippen MR) is 113 cm³/mol. The Morgan fingerprint density at radius 3 is 2.38 bits per heavy atom. The molecule has 1 aromatic carbocycles. The highest BCUT2D eigenvalue weighted by atomic mass is 32.2. The van der Waals surface area contributed by atoms with Crippen LogP contribution < -0.4 is 0 Å². The maximum atomic E-state index is 13.5. The summed E-state index contributed by atoms with van der Waals surface area (Å²) < 4.78 is 55.4. The number of sulfonamides is 1. The summed E-state index contributed by atoms with van der Waals surface area (Å²) in [5.74, 6) is -0.639. The van der Waals surface area contributed by atoms with E-state index in [0.29, 0.717) is 18.0 Å². The van der Waals surface area contributed by atoms with E-state index < -0.39 is 21.7 Å². The topological polar surface area (TPSA) is 88.4 Å². The molecular weight excluding hydrogens is 460 g/mol. The lowest BCUT2D eigenvalue weighted by Gasteiger charge is -2.34. The highest BCUT2D eigenvalue weighted by Crippen LogP contribution is 2.46. The van der Waals surface area contributed by atoms with Crippen LogP contribution in [-0.4, -0.2) is 70.2 Å². The molecule has 8 nitrogen and oxygen atoms in total. The Hall–Kier alpha value is -2.05. The summed E-state index contributed by atoms with van der Waals surface area (Å²) in [5, 5.41) is 9.44. The number of hydrogen-bond donors (Lipinski definition) is 0. The fraction of sp³-hybridized carbons (Fsp3) is 0.550. The first-order chi connectivity index (χ1) is 15.3. The standard InChI is InChI=1S/C20H23F2N5O3S2/c21-16-6-5-15(11-17(16)22)32(29,30)26-9-7-25(8-10-26)18(28)12-31-20-24-23-19(13-1-2-13)27(20)14-3-4-14/h5-6,11,13-14H,1-4,7-10,12H2. The number of benzene rings is 1. The average molecular weight is 484 g/mol. The van der Waals surface area contributed by atoms with E-state index in [4.69, 9.17) is 0 Å². The molecule has 2 saturated carbocycles. The second-order valence-electron chi connectivity index (χ2n) is 8.37. The van der Waals surface area contributed by atoms with E-state index in [1.807, 2.05) is 0 Å². The van der Waals surface area contributed by atoms with Crippen LogP contribution in [0.4, 0.5) is 8.78 Å². The minimum absolute atomic E-state index is 0.0850. The van der Waals surface area contributed by atoms with Crippen LogP contribution in [0.3, 0.4) is 0 Å². The van der Waals surface area contributed by atoms with Gasteiger partial charge in [0.15, 0.2) is 16.8 Å². The molecule has 2 aliphatic carbocycles. The third-order valence-electron chi connectivity index (χ3n) is 5.99. The van der Waals surface area contributed by atoms with Gasteiger partial charge < -0.3 is 9.47 Å². The number of rotatable bonds is 7. The molecule has 0 N–H and O–H groups in total. The molecule has 0 atom stereocenters. The van der Waals surface area contributed by atoms with E-state index in [-0.39, 0.29) is 42.7 Å². The Kier molecular flexibility index (Phi) is 5.70. The minimum atomic E-state index is -3.95. The van der Waals surface area contributed by atoms with Crippen LogP contribution >= 0.6 is 11.8 Å². The van der Waals surface area contributed by atoms with Crippen LogP contribution in [0.15, 0.2) is 28.3 Å². The molecule has 2 aromatic rings. The van der Waals surface area contributed by atoms with Crippen molar-refractivity contribution in [1.82, 2.24) is 24.0 Å². The first kappa shape index (κ1) is 21.8. The average Bonchev–Trinajstić information content (AvgIpc) is 3.72. The van der Waals surface area contributed by atoms with Crippen molar-refractivity contribution in [1.29, 1.82) is 0 Å². The first-order valence-corrected chi connectivity index (χ1v) is 13.1. The quantitative estimate of drug-likeness (QED) is 0.562. The molecule has 1 aromatic heterocycles. The second-order valence-corrected chi connectivity index (χ2v) is 11.2. The number of hydrogen-bond acceptors (Lipinski definition) is 6. The number of thioether (sulfide) groups is 1. The van der Waals surface area contributed by atoms with Gasteiger partial charge in [0, 0.05) is 38.1 Å². The summed E-state index contributed by atoms with van der Waals surface area (Å²) in [5.41, 5.74) is 0. The van der Waals surface area contributed by atoms with Crippen molar-refractivity contribution in [2.24, 2.45) is 0 Å². The lowest BCUT2D eigenvalue weighted by molar-refractivity contribution is -0.129. The fourth-order valence-corrected chi connectivity index (χ4v) is 6.21. The van der Waals surface area contributed by atoms with E-state index in [1.165, 1.54) is 16.1 Å². The molecule has 0 unspecified atom stereocenters. The Labute approximate surface area is 189 Å². The number of piperazine rings is 1. The molecule has 1 saturated heterocycles. The molecular formula is C20H23F2N5O3S2. The summed E-state index contributed by atoms with van der Waals surface area (Å²) in [7, 11) is -3.95. The lowest BCUT2D eigenvalue weighted by atomic mass is 10.3. The SMILES string of the molecule is O=C(CSc1nnc(C2CC2)n1C1CC1)N1CCN(S(=O)(=O)c2ccc(F)c(F)c2)CC1. The molecule has 1 amide bonds. The van der Waals surface area contributed by atoms with Crippen LogP contribution in [0, 0.1) is 11.6 Å². The molecule has 2 heterocycles. The molecule has 3 aliphatic rings. The second kappa shape index (κ2) is 8.38. The number of nitrogens with zero attached hydrogens (tertiary/aromatic N) is 5. The summed E-state index contributed by atoms with van der Waals surface area (Å²) in [6, 6.07) is 2.98. The molecule has 172 valence electrons. The Balaban J connectivity index is 1.18. The van der Waals surface area contributed by atoms with Gasteiger partial charge >= 0.3 is 0 Å². The summed E-state index contributed by atoms with van der Waals surface area (Å²) in [6.45, 7) is 0.680. The van der Waals surface area contributed by atoms with Gasteiger partial charge in [-0.3, -0.25) is 4.79 Å². The van der Waals surface area contributed by atoms with Crippen LogP contribution in [0.2, 0.25) is 0 Å². The zero-order valence-corrected chi connectivity index (χ0v) is 18.9. The molecule has 0 spiro atoms. The number of halogens is 2. The Morgan fingerprint density at radius 2 is 1.75 bits per heavy atom. The van der Waals surface area contributed by atoms with Crippen molar-refractivity contribution >= 4 is 27.7 Å². The zero-order valence-electron chi connectivity index (χ0n) is 17.3. The summed E-state index contributed by atoms with van der Waals surface area (Å²) in [4.78, 5) is 14.1. The molecule has 1 aliphatic heterocycles. The van der Waals surface area contributed by atoms with Gasteiger partial charge in [0.05, 0.1) is 10.6 Å². The van der Waals surface area contributed by atoms with Crippen LogP contribution in [0.25, 0.3) is 0 Å². The normalized spacial score (nSPS) is 20.0. The van der Waals surface area contributed by atoms with Crippen molar-refractivity contribution in [3.05, 3.63) is 35.7 Å². The smallest absolute Gasteiger partial charge is 0.243 e. The lowest BCUT2D eigenvalue weighted by Crippen LogP contribution is -2.51. The van der Waals surface area contributed by atoms with Gasteiger partial charge in [0.2, 0.25) is 15.9 Å². The van der Waals surface area contributed by atoms with Crippen LogP contribution in [0.1, 0.15) is 43.5 Å². The summed E-state index contributed by atoms with van der Waals surface area (Å²) in [6.07, 6.45) is 4.53. The molecule has 0 radical (unpaired) electrons. The fourth-order valence-electron chi connectivity index (χ4n) is 3.86. The van der Waals surface area contributed by atoms with E-state index >= 15 is 0 Å². The number of carbonyl (C=O) groups excluding carboxylic acids is 1. The maximum Gasteiger partial charge on any atom is 0.243 e. The minimum Gasteiger partial charge on any atom is -0.339 e. The number of amides is 1. The summed E-state index contributed by atoms with van der Waals surface area (Å²) >= 11 is 1.38. The van der Waals surface area contributed by atoms with E-state index in [1.54, 1.807) is 4.90 Å². The van der Waals surface area contributed by atoms with Gasteiger partial charge in [0.25, 0.3) is 0 Å². The third kappa shape index (κ3) is 4.27. The number of aromatic nitrogens is 3. The van der Waals surface area contributed by atoms with Gasteiger partial charge in [-0.1, -0.05) is 11.8 Å². The maximum absolute atomic E-state index is 13.5. The number of carbonyl (C=O) groups is 1. The highest BCUT2D eigenvalue weighted by Gasteiger charge is 2.37. The van der Waals surface area contributed by atoms with Crippen LogP contribution in [-0.2, 0) is 14.8 Å². The van der Waals surface area contributed by atoms with Crippen molar-refractivity contribution in [2.45, 2.75) is 47.7 Å². The van der Waals surface area contributed by atoms with Crippen molar-refractivity contribution in [2.75, 3.05) is 31.9 Å². The largest absolute Gasteiger partial charge is 0.339 e. The van der Waals surface area contributed by atoms with E-state index in [0.717, 1.165) is 48.8 Å².